The molecule has 1 saturated heterocycles. The number of H-pyrrole nitrogens is 1. The Bertz CT molecular complexity index is 1850. The standard InChI is InChI=1S/C38H40N6O5S/c39-32-8-3-4-9-33(32)43-36(47)11-5-10-35(46)40-21-29-6-1-2-7-31(29)26-16-18-28(19-17-26)37-48-30(23-50-38-41-24-42-44-38)20-34(49-37)27-14-12-25(22-45)13-15-27/h1-4,6-9,12-19,24,30,34,37,45H,5,10-11,20-23,39H2,(H,40,46)(H,43,47)(H,41,42,44). The lowest BCUT2D eigenvalue weighted by molar-refractivity contribution is -0.245. The average Bonchev–Trinajstić information content (AvgIpc) is 3.68. The molecule has 1 aliphatic heterocycles. The van der Waals surface area contributed by atoms with Crippen molar-refractivity contribution >= 4 is 35.0 Å². The van der Waals surface area contributed by atoms with Gasteiger partial charge in [-0.25, -0.2) is 4.98 Å². The van der Waals surface area contributed by atoms with Gasteiger partial charge in [0.2, 0.25) is 11.8 Å². The molecule has 50 heavy (non-hydrogen) atoms. The van der Waals surface area contributed by atoms with E-state index < -0.39 is 6.29 Å². The van der Waals surface area contributed by atoms with E-state index in [2.05, 4.69) is 25.8 Å². The number of hydrogen-bond donors (Lipinski definition) is 5. The topological polar surface area (TPSA) is 164 Å². The summed E-state index contributed by atoms with van der Waals surface area (Å²) in [4.78, 5) is 29.2. The molecule has 2 amide bonds. The van der Waals surface area contributed by atoms with Gasteiger partial charge in [-0.3, -0.25) is 14.7 Å². The van der Waals surface area contributed by atoms with Gasteiger partial charge in [-0.2, -0.15) is 5.10 Å². The van der Waals surface area contributed by atoms with Crippen molar-refractivity contribution in [3.63, 3.8) is 0 Å². The molecule has 1 aliphatic rings. The lowest BCUT2D eigenvalue weighted by Gasteiger charge is -2.36. The molecule has 0 aliphatic carbocycles. The number of ether oxygens (including phenoxy) is 2. The van der Waals surface area contributed by atoms with Gasteiger partial charge in [0.1, 0.15) is 6.33 Å². The number of hydrogen-bond acceptors (Lipinski definition) is 9. The number of benzene rings is 4. The normalized spacial score (nSPS) is 17.3. The number of nitrogens with one attached hydrogen (secondary N) is 3. The fourth-order valence-electron chi connectivity index (χ4n) is 5.75. The summed E-state index contributed by atoms with van der Waals surface area (Å²) in [6.07, 6.45) is 2.16. The number of thioether (sulfide) groups is 1. The van der Waals surface area contributed by atoms with Crippen molar-refractivity contribution in [3.05, 3.63) is 126 Å². The highest BCUT2D eigenvalue weighted by Crippen LogP contribution is 2.39. The minimum absolute atomic E-state index is 0.0119. The first-order valence-electron chi connectivity index (χ1n) is 16.5. The largest absolute Gasteiger partial charge is 0.397 e. The van der Waals surface area contributed by atoms with E-state index in [1.165, 1.54) is 6.33 Å². The number of anilines is 2. The SMILES string of the molecule is Nc1ccccc1NC(=O)CCCC(=O)NCc1ccccc1-c1ccc(C2OC(CSc3ncn[nH]3)CC(c3ccc(CO)cc3)O2)cc1. The van der Waals surface area contributed by atoms with Gasteiger partial charge < -0.3 is 30.9 Å². The van der Waals surface area contributed by atoms with Crippen LogP contribution in [-0.2, 0) is 32.2 Å². The lowest BCUT2D eigenvalue weighted by Crippen LogP contribution is -2.31. The molecule has 0 bridgehead atoms. The Morgan fingerprint density at radius 3 is 2.40 bits per heavy atom. The molecule has 0 saturated carbocycles. The summed E-state index contributed by atoms with van der Waals surface area (Å²) in [5.74, 6) is 0.375. The van der Waals surface area contributed by atoms with Gasteiger partial charge in [0, 0.05) is 37.1 Å². The van der Waals surface area contributed by atoms with Crippen LogP contribution in [0.25, 0.3) is 11.1 Å². The van der Waals surface area contributed by atoms with Crippen molar-refractivity contribution in [1.82, 2.24) is 20.5 Å². The van der Waals surface area contributed by atoms with Gasteiger partial charge in [-0.05, 0) is 46.4 Å². The molecule has 6 N–H and O–H groups in total. The van der Waals surface area contributed by atoms with Crippen molar-refractivity contribution in [1.29, 1.82) is 0 Å². The number of aliphatic hydroxyl groups excluding tert-OH is 1. The molecule has 2 heterocycles. The van der Waals surface area contributed by atoms with Crippen LogP contribution in [0.5, 0.6) is 0 Å². The molecule has 6 rings (SSSR count). The smallest absolute Gasteiger partial charge is 0.224 e. The van der Waals surface area contributed by atoms with Crippen LogP contribution in [0.1, 0.15) is 60.3 Å². The van der Waals surface area contributed by atoms with Crippen LogP contribution in [0.3, 0.4) is 0 Å². The van der Waals surface area contributed by atoms with Gasteiger partial charge in [0.25, 0.3) is 0 Å². The third-order valence-electron chi connectivity index (χ3n) is 8.44. The second-order valence-corrected chi connectivity index (χ2v) is 13.0. The maximum Gasteiger partial charge on any atom is 0.224 e. The van der Waals surface area contributed by atoms with Crippen LogP contribution in [0.2, 0.25) is 0 Å². The summed E-state index contributed by atoms with van der Waals surface area (Å²) in [6, 6.07) is 31.0. The van der Waals surface area contributed by atoms with E-state index in [9.17, 15) is 14.7 Å². The van der Waals surface area contributed by atoms with Crippen LogP contribution in [-0.4, -0.2) is 44.0 Å². The van der Waals surface area contributed by atoms with E-state index in [1.54, 1.807) is 36.0 Å². The number of carbonyl (C=O) groups is 2. The van der Waals surface area contributed by atoms with Gasteiger partial charge in [0.15, 0.2) is 11.4 Å². The molecule has 12 heteroatoms. The number of para-hydroxylation sites is 2. The third kappa shape index (κ3) is 9.36. The van der Waals surface area contributed by atoms with E-state index in [-0.39, 0.29) is 43.5 Å². The number of nitrogens with zero attached hydrogens (tertiary/aromatic N) is 2. The van der Waals surface area contributed by atoms with Crippen molar-refractivity contribution in [2.75, 3.05) is 16.8 Å². The number of aromatic nitrogens is 3. The van der Waals surface area contributed by atoms with Gasteiger partial charge in [-0.1, -0.05) is 96.7 Å². The summed E-state index contributed by atoms with van der Waals surface area (Å²) >= 11 is 1.55. The minimum atomic E-state index is -0.581. The van der Waals surface area contributed by atoms with Crippen LogP contribution < -0.4 is 16.4 Å². The summed E-state index contributed by atoms with van der Waals surface area (Å²) in [5, 5.41) is 22.9. The molecule has 5 aromatic rings. The van der Waals surface area contributed by atoms with Crippen molar-refractivity contribution in [2.45, 2.75) is 62.5 Å². The second-order valence-electron chi connectivity index (χ2n) is 12.0. The van der Waals surface area contributed by atoms with E-state index in [0.29, 0.717) is 36.5 Å². The van der Waals surface area contributed by atoms with E-state index in [4.69, 9.17) is 15.2 Å². The van der Waals surface area contributed by atoms with Crippen LogP contribution in [0.15, 0.2) is 109 Å². The summed E-state index contributed by atoms with van der Waals surface area (Å²) in [7, 11) is 0. The Morgan fingerprint density at radius 1 is 0.900 bits per heavy atom. The van der Waals surface area contributed by atoms with Gasteiger partial charge in [-0.15, -0.1) is 0 Å². The van der Waals surface area contributed by atoms with Crippen LogP contribution in [0, 0.1) is 0 Å². The van der Waals surface area contributed by atoms with E-state index in [1.807, 2.05) is 72.8 Å². The Morgan fingerprint density at radius 2 is 1.64 bits per heavy atom. The molecule has 258 valence electrons. The predicted molar refractivity (Wildman–Crippen MR) is 193 cm³/mol. The number of aliphatic hydroxyl groups is 1. The molecule has 1 fully saturated rings. The van der Waals surface area contributed by atoms with Gasteiger partial charge in [0.05, 0.1) is 30.2 Å². The molecule has 0 spiro atoms. The van der Waals surface area contributed by atoms with E-state index in [0.717, 1.165) is 38.5 Å². The number of carbonyl (C=O) groups excluding carboxylic acids is 2. The summed E-state index contributed by atoms with van der Waals surface area (Å²) in [5.41, 5.74) is 12.7. The maximum absolute atomic E-state index is 12.7. The molecule has 3 unspecified atom stereocenters. The van der Waals surface area contributed by atoms with Crippen LogP contribution >= 0.6 is 11.8 Å². The first-order valence-corrected chi connectivity index (χ1v) is 17.5. The zero-order valence-corrected chi connectivity index (χ0v) is 28.3. The van der Waals surface area contributed by atoms with E-state index >= 15 is 0 Å². The second kappa shape index (κ2) is 17.1. The third-order valence-corrected chi connectivity index (χ3v) is 9.45. The molecular weight excluding hydrogens is 653 g/mol. The maximum atomic E-state index is 12.7. The Labute approximate surface area is 295 Å². The Hall–Kier alpha value is -5.01. The monoisotopic (exact) mass is 692 g/mol. The Kier molecular flexibility index (Phi) is 11.9. The molecule has 1 aromatic heterocycles. The molecule has 4 aromatic carbocycles. The Balaban J connectivity index is 1.06. The number of nitrogens with two attached hydrogens (primary N) is 1. The predicted octanol–water partition coefficient (Wildman–Crippen LogP) is 6.31. The summed E-state index contributed by atoms with van der Waals surface area (Å²) in [6.45, 7) is 0.349. The highest BCUT2D eigenvalue weighted by Gasteiger charge is 2.32. The zero-order valence-electron chi connectivity index (χ0n) is 27.5. The highest BCUT2D eigenvalue weighted by molar-refractivity contribution is 7.99. The average molecular weight is 693 g/mol. The molecule has 11 nitrogen and oxygen atoms in total. The fourth-order valence-corrected chi connectivity index (χ4v) is 6.55. The van der Waals surface area contributed by atoms with Crippen molar-refractivity contribution in [3.8, 4) is 11.1 Å². The first kappa shape index (κ1) is 34.8. The fraction of sp³-hybridized carbons (Fsp3) is 0.263. The first-order chi connectivity index (χ1) is 24.4. The van der Waals surface area contributed by atoms with Crippen LogP contribution in [0.4, 0.5) is 11.4 Å². The number of rotatable bonds is 14. The van der Waals surface area contributed by atoms with Crippen molar-refractivity contribution in [2.24, 2.45) is 0 Å². The molecule has 3 atom stereocenters. The molecule has 0 radical (unpaired) electrons. The number of nitrogen functional groups attached to an aromatic ring is 1. The summed E-state index contributed by atoms with van der Waals surface area (Å²) < 4.78 is 13.0. The zero-order chi connectivity index (χ0) is 34.7. The quantitative estimate of drug-likeness (QED) is 0.0663. The minimum Gasteiger partial charge on any atom is -0.397 e. The number of amides is 2. The van der Waals surface area contributed by atoms with Crippen molar-refractivity contribution < 1.29 is 24.2 Å². The number of aromatic amines is 1. The lowest BCUT2D eigenvalue weighted by atomic mass is 9.97. The van der Waals surface area contributed by atoms with Gasteiger partial charge >= 0.3 is 0 Å². The molecular formula is C38H40N6O5S. The highest BCUT2D eigenvalue weighted by atomic mass is 32.2.